The summed E-state index contributed by atoms with van der Waals surface area (Å²) >= 11 is 6.25. The molecule has 23 heavy (non-hydrogen) atoms. The lowest BCUT2D eigenvalue weighted by molar-refractivity contribution is 0.188. The number of carbonyl (C=O) groups excluding carboxylic acids is 1. The summed E-state index contributed by atoms with van der Waals surface area (Å²) in [5.74, 6) is -0.351. The van der Waals surface area contributed by atoms with Crippen LogP contribution in [0.2, 0.25) is 5.02 Å². The van der Waals surface area contributed by atoms with E-state index in [0.29, 0.717) is 16.1 Å². The minimum Gasteiger partial charge on any atom is -0.395 e. The molecule has 0 saturated carbocycles. The summed E-state index contributed by atoms with van der Waals surface area (Å²) < 4.78 is 13.2. The quantitative estimate of drug-likeness (QED) is 0.881. The number of nitrogens with one attached hydrogen (secondary N) is 1. The van der Waals surface area contributed by atoms with Crippen LogP contribution in [0.1, 0.15) is 17.2 Å². The molecule has 2 aromatic rings. The van der Waals surface area contributed by atoms with E-state index in [1.165, 1.54) is 17.0 Å². The molecule has 0 radical (unpaired) electrons. The van der Waals surface area contributed by atoms with E-state index in [-0.39, 0.29) is 25.0 Å². The number of carbonyl (C=O) groups is 1. The lowest BCUT2D eigenvalue weighted by atomic mass is 9.98. The van der Waals surface area contributed by atoms with Crippen molar-refractivity contribution >= 4 is 17.6 Å². The summed E-state index contributed by atoms with van der Waals surface area (Å²) in [7, 11) is 1.58. The Labute approximate surface area is 139 Å². The van der Waals surface area contributed by atoms with Crippen molar-refractivity contribution in [2.24, 2.45) is 0 Å². The maximum Gasteiger partial charge on any atom is 0.317 e. The molecule has 4 nitrogen and oxygen atoms in total. The Morgan fingerprint density at radius 3 is 2.52 bits per heavy atom. The van der Waals surface area contributed by atoms with E-state index >= 15 is 0 Å². The van der Waals surface area contributed by atoms with Gasteiger partial charge in [0, 0.05) is 18.6 Å². The first kappa shape index (κ1) is 17.2. The number of amides is 2. The number of nitrogens with zero attached hydrogens (tertiary/aromatic N) is 1. The van der Waals surface area contributed by atoms with E-state index in [2.05, 4.69) is 5.32 Å². The van der Waals surface area contributed by atoms with Gasteiger partial charge in [0.2, 0.25) is 0 Å². The fraction of sp³-hybridized carbons (Fsp3) is 0.235. The molecule has 0 heterocycles. The van der Waals surface area contributed by atoms with Crippen LogP contribution in [0, 0.1) is 5.82 Å². The van der Waals surface area contributed by atoms with Gasteiger partial charge in [-0.25, -0.2) is 9.18 Å². The molecule has 0 saturated heterocycles. The number of hydrogen-bond acceptors (Lipinski definition) is 2. The van der Waals surface area contributed by atoms with Crippen LogP contribution in [0.5, 0.6) is 0 Å². The fourth-order valence-corrected chi connectivity index (χ4v) is 2.44. The molecule has 2 rings (SSSR count). The molecule has 0 aliphatic rings. The highest BCUT2D eigenvalue weighted by Gasteiger charge is 2.21. The first-order valence-corrected chi connectivity index (χ1v) is 7.53. The van der Waals surface area contributed by atoms with Gasteiger partial charge >= 0.3 is 6.03 Å². The molecular formula is C17H18ClFN2O2. The van der Waals surface area contributed by atoms with Crippen LogP contribution in [-0.2, 0) is 0 Å². The van der Waals surface area contributed by atoms with E-state index in [9.17, 15) is 9.18 Å². The van der Waals surface area contributed by atoms with Gasteiger partial charge < -0.3 is 15.3 Å². The van der Waals surface area contributed by atoms with Gasteiger partial charge in [0.05, 0.1) is 12.6 Å². The van der Waals surface area contributed by atoms with Crippen LogP contribution < -0.4 is 5.32 Å². The van der Waals surface area contributed by atoms with Gasteiger partial charge in [-0.2, -0.15) is 0 Å². The molecule has 0 aliphatic carbocycles. The van der Waals surface area contributed by atoms with Gasteiger partial charge in [-0.05, 0) is 29.3 Å². The molecule has 0 bridgehead atoms. The van der Waals surface area contributed by atoms with Crippen molar-refractivity contribution < 1.29 is 14.3 Å². The van der Waals surface area contributed by atoms with Gasteiger partial charge in [0.1, 0.15) is 5.82 Å². The normalized spacial score (nSPS) is 11.8. The molecule has 1 atom stereocenters. The second-order valence-electron chi connectivity index (χ2n) is 5.10. The van der Waals surface area contributed by atoms with Gasteiger partial charge in [-0.1, -0.05) is 41.9 Å². The maximum absolute atomic E-state index is 13.2. The number of urea groups is 1. The van der Waals surface area contributed by atoms with E-state index in [0.717, 1.165) is 0 Å². The monoisotopic (exact) mass is 336 g/mol. The third-order valence-electron chi connectivity index (χ3n) is 3.47. The average Bonchev–Trinajstić information content (AvgIpc) is 2.54. The van der Waals surface area contributed by atoms with Crippen molar-refractivity contribution in [1.29, 1.82) is 0 Å². The molecule has 1 unspecified atom stereocenters. The first-order chi connectivity index (χ1) is 11.0. The van der Waals surface area contributed by atoms with Crippen LogP contribution in [0.4, 0.5) is 9.18 Å². The first-order valence-electron chi connectivity index (χ1n) is 7.15. The third-order valence-corrected chi connectivity index (χ3v) is 3.81. The number of halogens is 2. The predicted molar refractivity (Wildman–Crippen MR) is 87.9 cm³/mol. The Morgan fingerprint density at radius 1 is 1.26 bits per heavy atom. The Balaban J connectivity index is 2.34. The Bertz CT molecular complexity index is 664. The summed E-state index contributed by atoms with van der Waals surface area (Å²) in [5.41, 5.74) is 1.43. The van der Waals surface area contributed by atoms with Crippen LogP contribution >= 0.6 is 11.6 Å². The summed E-state index contributed by atoms with van der Waals surface area (Å²) in [6.07, 6.45) is 0. The largest absolute Gasteiger partial charge is 0.395 e. The van der Waals surface area contributed by atoms with E-state index in [1.807, 2.05) is 12.1 Å². The molecule has 122 valence electrons. The van der Waals surface area contributed by atoms with Crippen LogP contribution in [0.15, 0.2) is 48.5 Å². The standard InChI is InChI=1S/C17H18ClFN2O2/c1-21(10-11-22)17(23)20-16(12-6-8-13(19)9-7-12)14-4-2-3-5-15(14)18/h2-9,16,22H,10-11H2,1H3,(H,20,23). The lowest BCUT2D eigenvalue weighted by Gasteiger charge is -2.24. The highest BCUT2D eigenvalue weighted by Crippen LogP contribution is 2.28. The number of hydrogen-bond donors (Lipinski definition) is 2. The number of likely N-dealkylation sites (N-methyl/N-ethyl adjacent to an activating group) is 1. The SMILES string of the molecule is CN(CCO)C(=O)NC(c1ccc(F)cc1)c1ccccc1Cl. The lowest BCUT2D eigenvalue weighted by Crippen LogP contribution is -2.41. The Morgan fingerprint density at radius 2 is 1.91 bits per heavy atom. The Kier molecular flexibility index (Phi) is 5.96. The predicted octanol–water partition coefficient (Wildman–Crippen LogP) is 3.20. The second kappa shape index (κ2) is 7.94. The number of rotatable bonds is 5. The number of aliphatic hydroxyl groups excluding tert-OH is 1. The zero-order chi connectivity index (χ0) is 16.8. The van der Waals surface area contributed by atoms with Gasteiger partial charge in [-0.3, -0.25) is 0 Å². The zero-order valence-corrected chi connectivity index (χ0v) is 13.4. The smallest absolute Gasteiger partial charge is 0.317 e. The van der Waals surface area contributed by atoms with Crippen LogP contribution in [-0.4, -0.2) is 36.2 Å². The molecule has 0 spiro atoms. The topological polar surface area (TPSA) is 52.6 Å². The minimum atomic E-state index is -0.516. The summed E-state index contributed by atoms with van der Waals surface area (Å²) in [6.45, 7) is 0.0850. The maximum atomic E-state index is 13.2. The minimum absolute atomic E-state index is 0.128. The van der Waals surface area contributed by atoms with Crippen molar-refractivity contribution in [3.8, 4) is 0 Å². The molecule has 2 aromatic carbocycles. The van der Waals surface area contributed by atoms with Crippen molar-refractivity contribution in [1.82, 2.24) is 10.2 Å². The molecule has 6 heteroatoms. The fourth-order valence-electron chi connectivity index (χ4n) is 2.19. The number of aliphatic hydroxyl groups is 1. The number of benzene rings is 2. The highest BCUT2D eigenvalue weighted by molar-refractivity contribution is 6.31. The Hall–Kier alpha value is -2.11. The molecule has 0 aromatic heterocycles. The van der Waals surface area contributed by atoms with Gasteiger partial charge in [-0.15, -0.1) is 0 Å². The van der Waals surface area contributed by atoms with Crippen molar-refractivity contribution in [2.45, 2.75) is 6.04 Å². The molecule has 2 N–H and O–H groups in total. The average molecular weight is 337 g/mol. The van der Waals surface area contributed by atoms with Gasteiger partial charge in [0.25, 0.3) is 0 Å². The van der Waals surface area contributed by atoms with Gasteiger partial charge in [0.15, 0.2) is 0 Å². The van der Waals surface area contributed by atoms with E-state index in [4.69, 9.17) is 16.7 Å². The van der Waals surface area contributed by atoms with Crippen molar-refractivity contribution in [2.75, 3.05) is 20.2 Å². The zero-order valence-electron chi connectivity index (χ0n) is 12.7. The second-order valence-corrected chi connectivity index (χ2v) is 5.51. The molecular weight excluding hydrogens is 319 g/mol. The summed E-state index contributed by atoms with van der Waals surface area (Å²) in [6, 6.07) is 12.2. The van der Waals surface area contributed by atoms with Crippen molar-refractivity contribution in [3.05, 3.63) is 70.5 Å². The van der Waals surface area contributed by atoms with E-state index < -0.39 is 6.04 Å². The molecule has 0 fully saturated rings. The summed E-state index contributed by atoms with van der Waals surface area (Å²) in [4.78, 5) is 13.6. The third kappa shape index (κ3) is 4.43. The van der Waals surface area contributed by atoms with E-state index in [1.54, 1.807) is 31.3 Å². The van der Waals surface area contributed by atoms with Crippen LogP contribution in [0.3, 0.4) is 0 Å². The van der Waals surface area contributed by atoms with Crippen molar-refractivity contribution in [3.63, 3.8) is 0 Å². The highest BCUT2D eigenvalue weighted by atomic mass is 35.5. The van der Waals surface area contributed by atoms with Crippen LogP contribution in [0.25, 0.3) is 0 Å². The molecule has 0 aliphatic heterocycles. The molecule has 2 amide bonds. The summed E-state index contributed by atoms with van der Waals surface area (Å²) in [5, 5.41) is 12.3.